The highest BCUT2D eigenvalue weighted by Crippen LogP contribution is 2.22. The van der Waals surface area contributed by atoms with E-state index < -0.39 is 0 Å². The Morgan fingerprint density at radius 3 is 3.00 bits per heavy atom. The van der Waals surface area contributed by atoms with Crippen LogP contribution in [0.15, 0.2) is 12.3 Å². The maximum atomic E-state index is 12.3. The van der Waals surface area contributed by atoms with Crippen molar-refractivity contribution in [1.82, 2.24) is 25.3 Å². The molecule has 2 heterocycles. The van der Waals surface area contributed by atoms with Gasteiger partial charge in [-0.1, -0.05) is 0 Å². The largest absolute Gasteiger partial charge is 0.345 e. The fraction of sp³-hybridized carbons (Fsp3) is 0.533. The van der Waals surface area contributed by atoms with E-state index in [2.05, 4.69) is 34.5 Å². The Labute approximate surface area is 123 Å². The summed E-state index contributed by atoms with van der Waals surface area (Å²) in [5, 5.41) is 14.5. The smallest absolute Gasteiger partial charge is 0.272 e. The lowest BCUT2D eigenvalue weighted by molar-refractivity contribution is 0.0944. The highest BCUT2D eigenvalue weighted by Gasteiger charge is 2.21. The minimum Gasteiger partial charge on any atom is -0.345 e. The first kappa shape index (κ1) is 13.9. The standard InChI is InChI=1S/C15H21N5O/c1-10(2)20-8-7-11(19-20)9-16-15(21)14-12-5-3-4-6-13(12)17-18-14/h7-8,10H,3-6,9H2,1-2H3,(H,16,21)(H,17,18). The second-order valence-electron chi connectivity index (χ2n) is 5.80. The molecule has 1 amide bonds. The van der Waals surface area contributed by atoms with E-state index in [1.165, 1.54) is 6.42 Å². The van der Waals surface area contributed by atoms with Crippen LogP contribution in [0.4, 0.5) is 0 Å². The number of nitrogens with one attached hydrogen (secondary N) is 2. The molecule has 6 heteroatoms. The van der Waals surface area contributed by atoms with Gasteiger partial charge in [0.1, 0.15) is 0 Å². The van der Waals surface area contributed by atoms with Crippen LogP contribution in [0.2, 0.25) is 0 Å². The van der Waals surface area contributed by atoms with Gasteiger partial charge in [0.15, 0.2) is 5.69 Å². The number of carbonyl (C=O) groups excluding carboxylic acids is 1. The van der Waals surface area contributed by atoms with E-state index in [0.29, 0.717) is 18.3 Å². The van der Waals surface area contributed by atoms with Gasteiger partial charge in [-0.25, -0.2) is 0 Å². The molecule has 112 valence electrons. The lowest BCUT2D eigenvalue weighted by Gasteiger charge is -2.10. The van der Waals surface area contributed by atoms with Crippen LogP contribution >= 0.6 is 0 Å². The summed E-state index contributed by atoms with van der Waals surface area (Å²) in [6, 6.07) is 2.26. The molecule has 0 bridgehead atoms. The van der Waals surface area contributed by atoms with Gasteiger partial charge in [0.2, 0.25) is 0 Å². The fourth-order valence-electron chi connectivity index (χ4n) is 2.68. The van der Waals surface area contributed by atoms with Crippen molar-refractivity contribution in [3.8, 4) is 0 Å². The summed E-state index contributed by atoms with van der Waals surface area (Å²) < 4.78 is 1.89. The molecule has 3 rings (SSSR count). The molecule has 0 aromatic carbocycles. The summed E-state index contributed by atoms with van der Waals surface area (Å²) in [5.41, 5.74) is 3.62. The van der Waals surface area contributed by atoms with Crippen LogP contribution in [0.25, 0.3) is 0 Å². The quantitative estimate of drug-likeness (QED) is 0.903. The van der Waals surface area contributed by atoms with Crippen LogP contribution < -0.4 is 5.32 Å². The molecule has 0 saturated heterocycles. The zero-order valence-corrected chi connectivity index (χ0v) is 12.5. The predicted molar refractivity (Wildman–Crippen MR) is 79.0 cm³/mol. The van der Waals surface area contributed by atoms with Crippen LogP contribution in [0.1, 0.15) is 60.2 Å². The molecule has 0 aliphatic heterocycles. The topological polar surface area (TPSA) is 75.6 Å². The third-order valence-corrected chi connectivity index (χ3v) is 3.89. The average Bonchev–Trinajstić information content (AvgIpc) is 3.11. The van der Waals surface area contributed by atoms with Crippen LogP contribution in [-0.2, 0) is 19.4 Å². The van der Waals surface area contributed by atoms with Gasteiger partial charge in [-0.05, 0) is 45.6 Å². The summed E-state index contributed by atoms with van der Waals surface area (Å²) in [7, 11) is 0. The Morgan fingerprint density at radius 1 is 1.43 bits per heavy atom. The highest BCUT2D eigenvalue weighted by molar-refractivity contribution is 5.93. The number of amides is 1. The zero-order valence-electron chi connectivity index (χ0n) is 12.5. The van der Waals surface area contributed by atoms with Gasteiger partial charge in [0.05, 0.1) is 12.2 Å². The maximum Gasteiger partial charge on any atom is 0.272 e. The molecule has 0 radical (unpaired) electrons. The Hall–Kier alpha value is -2.11. The maximum absolute atomic E-state index is 12.3. The number of rotatable bonds is 4. The third-order valence-electron chi connectivity index (χ3n) is 3.89. The third kappa shape index (κ3) is 2.84. The van der Waals surface area contributed by atoms with Gasteiger partial charge in [-0.3, -0.25) is 14.6 Å². The number of aromatic amines is 1. The Balaban J connectivity index is 1.65. The van der Waals surface area contributed by atoms with Crippen molar-refractivity contribution in [2.24, 2.45) is 0 Å². The number of nitrogens with zero attached hydrogens (tertiary/aromatic N) is 3. The van der Waals surface area contributed by atoms with Gasteiger partial charge >= 0.3 is 0 Å². The van der Waals surface area contributed by atoms with Crippen molar-refractivity contribution in [3.05, 3.63) is 34.9 Å². The second-order valence-corrected chi connectivity index (χ2v) is 5.80. The Kier molecular flexibility index (Phi) is 3.77. The first-order chi connectivity index (χ1) is 10.1. The van der Waals surface area contributed by atoms with E-state index in [0.717, 1.165) is 36.2 Å². The molecule has 21 heavy (non-hydrogen) atoms. The van der Waals surface area contributed by atoms with E-state index in [1.54, 1.807) is 0 Å². The second kappa shape index (κ2) is 5.71. The normalized spacial score (nSPS) is 14.2. The van der Waals surface area contributed by atoms with E-state index in [4.69, 9.17) is 0 Å². The molecule has 0 spiro atoms. The van der Waals surface area contributed by atoms with Gasteiger partial charge in [-0.15, -0.1) is 0 Å². The molecular formula is C15H21N5O. The SMILES string of the molecule is CC(C)n1ccc(CNC(=O)c2n[nH]c3c2CCCC3)n1. The first-order valence-corrected chi connectivity index (χ1v) is 7.53. The monoisotopic (exact) mass is 287 g/mol. The number of fused-ring (bicyclic) bond motifs is 1. The van der Waals surface area contributed by atoms with E-state index in [1.807, 2.05) is 16.9 Å². The molecule has 6 nitrogen and oxygen atoms in total. The summed E-state index contributed by atoms with van der Waals surface area (Å²) in [5.74, 6) is -0.117. The van der Waals surface area contributed by atoms with E-state index in [-0.39, 0.29) is 5.91 Å². The summed E-state index contributed by atoms with van der Waals surface area (Å²) >= 11 is 0. The number of carbonyl (C=O) groups is 1. The van der Waals surface area contributed by atoms with Crippen molar-refractivity contribution in [3.63, 3.8) is 0 Å². The number of H-pyrrole nitrogens is 1. The molecule has 2 aromatic rings. The molecule has 0 saturated carbocycles. The van der Waals surface area contributed by atoms with Gasteiger partial charge < -0.3 is 5.32 Å². The van der Waals surface area contributed by atoms with Crippen molar-refractivity contribution >= 4 is 5.91 Å². The van der Waals surface area contributed by atoms with E-state index in [9.17, 15) is 4.79 Å². The van der Waals surface area contributed by atoms with Crippen LogP contribution in [0.3, 0.4) is 0 Å². The molecular weight excluding hydrogens is 266 g/mol. The first-order valence-electron chi connectivity index (χ1n) is 7.53. The van der Waals surface area contributed by atoms with Crippen molar-refractivity contribution in [2.45, 2.75) is 52.1 Å². The lowest BCUT2D eigenvalue weighted by atomic mass is 9.96. The van der Waals surface area contributed by atoms with Gasteiger partial charge in [0, 0.05) is 23.5 Å². The Morgan fingerprint density at radius 2 is 2.24 bits per heavy atom. The minimum absolute atomic E-state index is 0.117. The van der Waals surface area contributed by atoms with Crippen LogP contribution in [0, 0.1) is 0 Å². The number of hydrogen-bond acceptors (Lipinski definition) is 3. The number of aromatic nitrogens is 4. The van der Waals surface area contributed by atoms with E-state index >= 15 is 0 Å². The fourth-order valence-corrected chi connectivity index (χ4v) is 2.68. The summed E-state index contributed by atoms with van der Waals surface area (Å²) in [4.78, 5) is 12.3. The number of aryl methyl sites for hydroxylation is 1. The summed E-state index contributed by atoms with van der Waals surface area (Å²) in [6.07, 6.45) is 6.17. The molecule has 0 atom stereocenters. The molecule has 1 aliphatic carbocycles. The Bertz CT molecular complexity index is 640. The predicted octanol–water partition coefficient (Wildman–Crippen LogP) is 2.00. The minimum atomic E-state index is -0.117. The zero-order chi connectivity index (χ0) is 14.8. The highest BCUT2D eigenvalue weighted by atomic mass is 16.1. The molecule has 1 aliphatic rings. The molecule has 2 N–H and O–H groups in total. The van der Waals surface area contributed by atoms with Crippen molar-refractivity contribution in [2.75, 3.05) is 0 Å². The lowest BCUT2D eigenvalue weighted by Crippen LogP contribution is -2.25. The average molecular weight is 287 g/mol. The molecule has 0 unspecified atom stereocenters. The number of hydrogen-bond donors (Lipinski definition) is 2. The van der Waals surface area contributed by atoms with Crippen LogP contribution in [0.5, 0.6) is 0 Å². The molecule has 2 aromatic heterocycles. The summed E-state index contributed by atoms with van der Waals surface area (Å²) in [6.45, 7) is 4.58. The van der Waals surface area contributed by atoms with Gasteiger partial charge in [0.25, 0.3) is 5.91 Å². The van der Waals surface area contributed by atoms with Crippen molar-refractivity contribution in [1.29, 1.82) is 0 Å². The molecule has 0 fully saturated rings. The van der Waals surface area contributed by atoms with Crippen molar-refractivity contribution < 1.29 is 4.79 Å². The van der Waals surface area contributed by atoms with Crippen LogP contribution in [-0.4, -0.2) is 25.9 Å². The van der Waals surface area contributed by atoms with Gasteiger partial charge in [-0.2, -0.15) is 10.2 Å².